The minimum atomic E-state index is 0.361. The van der Waals surface area contributed by atoms with Crippen LogP contribution in [0.25, 0.3) is 22.9 Å². The summed E-state index contributed by atoms with van der Waals surface area (Å²) in [5, 5.41) is 17.6. The van der Waals surface area contributed by atoms with Gasteiger partial charge in [-0.3, -0.25) is 0 Å². The van der Waals surface area contributed by atoms with E-state index in [0.717, 1.165) is 0 Å². The normalized spacial score (nSPS) is 11.0. The average molecular weight is 405 g/mol. The first-order chi connectivity index (χ1) is 12.7. The molecule has 0 N–H and O–H groups in total. The van der Waals surface area contributed by atoms with Crippen LogP contribution < -0.4 is 0 Å². The number of halogens is 2. The Morgan fingerprint density at radius 1 is 0.731 bits per heavy atom. The smallest absolute Gasteiger partial charge is 0.277 e. The van der Waals surface area contributed by atoms with E-state index in [1.165, 1.54) is 11.8 Å². The Morgan fingerprint density at radius 2 is 1.31 bits per heavy atom. The van der Waals surface area contributed by atoms with Crippen LogP contribution in [0.3, 0.4) is 0 Å². The van der Waals surface area contributed by atoms with E-state index < -0.39 is 0 Å². The highest BCUT2D eigenvalue weighted by Gasteiger charge is 2.15. The number of thioether (sulfide) groups is 1. The Balaban J connectivity index is 1.46. The van der Waals surface area contributed by atoms with Gasteiger partial charge in [0.25, 0.3) is 5.22 Å². The molecule has 0 amide bonds. The second-order valence-electron chi connectivity index (χ2n) is 5.12. The summed E-state index contributed by atoms with van der Waals surface area (Å²) < 4.78 is 11.3. The summed E-state index contributed by atoms with van der Waals surface area (Å²) in [7, 11) is 0. The van der Waals surface area contributed by atoms with Crippen LogP contribution in [0.4, 0.5) is 0 Å². The zero-order valence-electron chi connectivity index (χ0n) is 13.1. The number of benzene rings is 2. The van der Waals surface area contributed by atoms with Crippen LogP contribution in [-0.2, 0) is 5.75 Å². The molecule has 2 aromatic heterocycles. The molecule has 0 aliphatic rings. The molecule has 0 spiro atoms. The first kappa shape index (κ1) is 17.1. The zero-order chi connectivity index (χ0) is 17.9. The molecule has 0 unspecified atom stereocenters. The fourth-order valence-corrected chi connectivity index (χ4v) is 3.22. The topological polar surface area (TPSA) is 77.8 Å². The second-order valence-corrected chi connectivity index (χ2v) is 6.86. The van der Waals surface area contributed by atoms with Crippen LogP contribution in [0, 0.1) is 0 Å². The van der Waals surface area contributed by atoms with Crippen molar-refractivity contribution in [3.63, 3.8) is 0 Å². The molecule has 0 bridgehead atoms. The lowest BCUT2D eigenvalue weighted by Crippen LogP contribution is -1.80. The van der Waals surface area contributed by atoms with Crippen LogP contribution in [0.5, 0.6) is 0 Å². The predicted octanol–water partition coefficient (Wildman–Crippen LogP) is 5.39. The summed E-state index contributed by atoms with van der Waals surface area (Å²) >= 11 is 13.6. The van der Waals surface area contributed by atoms with E-state index in [1.807, 2.05) is 36.4 Å². The molecule has 0 saturated heterocycles. The van der Waals surface area contributed by atoms with Crippen molar-refractivity contribution in [3.05, 3.63) is 64.5 Å². The number of aromatic nitrogens is 4. The predicted molar refractivity (Wildman–Crippen MR) is 99.0 cm³/mol. The highest BCUT2D eigenvalue weighted by atomic mass is 35.5. The molecule has 0 aliphatic heterocycles. The van der Waals surface area contributed by atoms with Crippen molar-refractivity contribution in [2.75, 3.05) is 0 Å². The van der Waals surface area contributed by atoms with Crippen molar-refractivity contribution in [2.24, 2.45) is 0 Å². The molecular formula is C17H10Cl2N4O2S. The Labute approximate surface area is 162 Å². The van der Waals surface area contributed by atoms with E-state index in [2.05, 4.69) is 20.4 Å². The van der Waals surface area contributed by atoms with E-state index in [9.17, 15) is 0 Å². The lowest BCUT2D eigenvalue weighted by molar-refractivity contribution is 0.464. The van der Waals surface area contributed by atoms with Gasteiger partial charge < -0.3 is 8.83 Å². The molecule has 26 heavy (non-hydrogen) atoms. The summed E-state index contributed by atoms with van der Waals surface area (Å²) in [5.74, 6) is 1.55. The lowest BCUT2D eigenvalue weighted by atomic mass is 10.2. The third-order valence-corrected chi connectivity index (χ3v) is 4.86. The fraction of sp³-hybridized carbons (Fsp3) is 0.0588. The van der Waals surface area contributed by atoms with E-state index in [-0.39, 0.29) is 0 Å². The monoisotopic (exact) mass is 404 g/mol. The Morgan fingerprint density at radius 3 is 1.96 bits per heavy atom. The summed E-state index contributed by atoms with van der Waals surface area (Å²) in [4.78, 5) is 0. The highest BCUT2D eigenvalue weighted by Crippen LogP contribution is 2.31. The van der Waals surface area contributed by atoms with E-state index in [1.54, 1.807) is 12.1 Å². The standard InChI is InChI=1S/C17H10Cl2N4O2S/c18-12-7-3-1-5-10(12)15-21-20-14(24-15)9-26-17-23-22-16(25-17)11-6-2-4-8-13(11)19/h1-8H,9H2. The maximum atomic E-state index is 6.14. The largest absolute Gasteiger partial charge is 0.420 e. The van der Waals surface area contributed by atoms with Crippen LogP contribution in [0.1, 0.15) is 5.89 Å². The maximum Gasteiger partial charge on any atom is 0.277 e. The zero-order valence-corrected chi connectivity index (χ0v) is 15.4. The molecule has 4 rings (SSSR count). The average Bonchev–Trinajstić information content (AvgIpc) is 3.30. The van der Waals surface area contributed by atoms with Gasteiger partial charge in [-0.05, 0) is 24.3 Å². The number of rotatable bonds is 5. The van der Waals surface area contributed by atoms with Gasteiger partial charge in [0.1, 0.15) is 0 Å². The van der Waals surface area contributed by atoms with Crippen LogP contribution >= 0.6 is 35.0 Å². The van der Waals surface area contributed by atoms with Crippen LogP contribution in [0.15, 0.2) is 62.6 Å². The van der Waals surface area contributed by atoms with Crippen molar-refractivity contribution >= 4 is 35.0 Å². The molecule has 6 nitrogen and oxygen atoms in total. The van der Waals surface area contributed by atoms with Gasteiger partial charge in [-0.2, -0.15) is 0 Å². The number of nitrogens with zero attached hydrogens (tertiary/aromatic N) is 4. The molecule has 2 aromatic carbocycles. The van der Waals surface area contributed by atoms with Gasteiger partial charge in [-0.1, -0.05) is 59.2 Å². The van der Waals surface area contributed by atoms with Gasteiger partial charge in [0, 0.05) is 0 Å². The van der Waals surface area contributed by atoms with E-state index in [4.69, 9.17) is 32.0 Å². The molecule has 4 aromatic rings. The third kappa shape index (κ3) is 3.60. The molecular weight excluding hydrogens is 395 g/mol. The van der Waals surface area contributed by atoms with E-state index in [0.29, 0.717) is 49.8 Å². The first-order valence-electron chi connectivity index (χ1n) is 7.49. The van der Waals surface area contributed by atoms with Gasteiger partial charge in [-0.15, -0.1) is 20.4 Å². The molecule has 0 fully saturated rings. The minimum Gasteiger partial charge on any atom is -0.420 e. The van der Waals surface area contributed by atoms with Crippen molar-refractivity contribution in [3.8, 4) is 22.9 Å². The molecule has 0 saturated carbocycles. The summed E-state index contributed by atoms with van der Waals surface area (Å²) in [5.41, 5.74) is 1.38. The minimum absolute atomic E-state index is 0.361. The van der Waals surface area contributed by atoms with Crippen LogP contribution in [0.2, 0.25) is 10.0 Å². The third-order valence-electron chi connectivity index (χ3n) is 3.40. The fourth-order valence-electron chi connectivity index (χ4n) is 2.19. The van der Waals surface area contributed by atoms with Crippen molar-refractivity contribution in [1.82, 2.24) is 20.4 Å². The SMILES string of the molecule is Clc1ccccc1-c1nnc(CSc2nnc(-c3ccccc3Cl)o2)o1. The maximum absolute atomic E-state index is 6.14. The van der Waals surface area contributed by atoms with Crippen LogP contribution in [-0.4, -0.2) is 20.4 Å². The summed E-state index contributed by atoms with van der Waals surface area (Å²) in [6.45, 7) is 0. The first-order valence-corrected chi connectivity index (χ1v) is 9.23. The molecule has 0 radical (unpaired) electrons. The van der Waals surface area contributed by atoms with Crippen molar-refractivity contribution in [2.45, 2.75) is 11.0 Å². The molecule has 0 aliphatic carbocycles. The van der Waals surface area contributed by atoms with Gasteiger partial charge in [-0.25, -0.2) is 0 Å². The quantitative estimate of drug-likeness (QED) is 0.412. The van der Waals surface area contributed by atoms with E-state index >= 15 is 0 Å². The van der Waals surface area contributed by atoms with Gasteiger partial charge >= 0.3 is 0 Å². The molecule has 9 heteroatoms. The van der Waals surface area contributed by atoms with Gasteiger partial charge in [0.15, 0.2) is 0 Å². The summed E-state index contributed by atoms with van der Waals surface area (Å²) in [6.07, 6.45) is 0. The summed E-state index contributed by atoms with van der Waals surface area (Å²) in [6, 6.07) is 14.6. The second kappa shape index (κ2) is 7.49. The molecule has 130 valence electrons. The number of hydrogen-bond acceptors (Lipinski definition) is 7. The lowest BCUT2D eigenvalue weighted by Gasteiger charge is -1.97. The Hall–Kier alpha value is -2.35. The van der Waals surface area contributed by atoms with Gasteiger partial charge in [0.2, 0.25) is 17.7 Å². The number of hydrogen-bond donors (Lipinski definition) is 0. The van der Waals surface area contributed by atoms with Crippen molar-refractivity contribution in [1.29, 1.82) is 0 Å². The Kier molecular flexibility index (Phi) is 4.92. The molecule has 2 heterocycles. The molecule has 0 atom stereocenters. The van der Waals surface area contributed by atoms with Gasteiger partial charge in [0.05, 0.1) is 26.9 Å². The Bertz CT molecular complexity index is 967. The highest BCUT2D eigenvalue weighted by molar-refractivity contribution is 7.98. The van der Waals surface area contributed by atoms with Crippen molar-refractivity contribution < 1.29 is 8.83 Å².